The molecule has 0 bridgehead atoms. The van der Waals surface area contributed by atoms with Crippen molar-refractivity contribution in [2.45, 2.75) is 0 Å². The third-order valence-electron chi connectivity index (χ3n) is 0.994. The van der Waals surface area contributed by atoms with Crippen molar-refractivity contribution in [1.29, 1.82) is 0 Å². The highest BCUT2D eigenvalue weighted by Crippen LogP contribution is 1.76. The van der Waals surface area contributed by atoms with Gasteiger partial charge in [-0.3, -0.25) is 9.11 Å². The lowest BCUT2D eigenvalue weighted by Gasteiger charge is -2.13. The van der Waals surface area contributed by atoms with Crippen LogP contribution in [0, 0.1) is 0 Å². The lowest BCUT2D eigenvalue weighted by Crippen LogP contribution is -2.25. The molecule has 0 aromatic rings. The molecule has 0 aromatic heterocycles. The van der Waals surface area contributed by atoms with Gasteiger partial charge in [-0.25, -0.2) is 0 Å². The molecule has 0 rings (SSSR count). The second-order valence-corrected chi connectivity index (χ2v) is 3.95. The fraction of sp³-hybridized carbons (Fsp3) is 1.00. The molecule has 0 amide bonds. The Kier molecular flexibility index (Phi) is 8.48. The van der Waals surface area contributed by atoms with Gasteiger partial charge in [-0.2, -0.15) is 8.42 Å². The first-order chi connectivity index (χ1) is 5.63. The van der Waals surface area contributed by atoms with E-state index in [-0.39, 0.29) is 0 Å². The Morgan fingerprint density at radius 3 is 1.15 bits per heavy atom. The van der Waals surface area contributed by atoms with Crippen molar-refractivity contribution in [1.82, 2.24) is 9.80 Å². The first-order valence-electron chi connectivity index (χ1n) is 3.62. The molecule has 0 radical (unpaired) electrons. The maximum absolute atomic E-state index is 8.74. The molecule has 0 saturated heterocycles. The molecule has 0 unspecified atom stereocenters. The van der Waals surface area contributed by atoms with Crippen LogP contribution in [-0.2, 0) is 10.4 Å². The first kappa shape index (κ1) is 15.3. The van der Waals surface area contributed by atoms with Crippen LogP contribution in [0.15, 0.2) is 0 Å². The van der Waals surface area contributed by atoms with Crippen molar-refractivity contribution < 1.29 is 17.5 Å². The summed E-state index contributed by atoms with van der Waals surface area (Å²) in [5.74, 6) is 0. The van der Waals surface area contributed by atoms with Gasteiger partial charge in [0.2, 0.25) is 0 Å². The van der Waals surface area contributed by atoms with Gasteiger partial charge in [0.1, 0.15) is 0 Å². The van der Waals surface area contributed by atoms with Crippen molar-refractivity contribution in [3.8, 4) is 0 Å². The van der Waals surface area contributed by atoms with Crippen molar-refractivity contribution >= 4 is 10.4 Å². The maximum atomic E-state index is 8.74. The third kappa shape index (κ3) is 49.3. The van der Waals surface area contributed by atoms with E-state index in [4.69, 9.17) is 17.5 Å². The second kappa shape index (κ2) is 7.22. The van der Waals surface area contributed by atoms with E-state index in [0.29, 0.717) is 0 Å². The second-order valence-electron chi connectivity index (χ2n) is 3.05. The normalized spacial score (nSPS) is 11.4. The summed E-state index contributed by atoms with van der Waals surface area (Å²) in [6.45, 7) is 2.29. The molecule has 82 valence electrons. The van der Waals surface area contributed by atoms with Crippen LogP contribution in [0.1, 0.15) is 0 Å². The van der Waals surface area contributed by atoms with E-state index in [0.717, 1.165) is 13.1 Å². The van der Waals surface area contributed by atoms with Crippen LogP contribution in [0.2, 0.25) is 0 Å². The number of likely N-dealkylation sites (N-methyl/N-ethyl adjacent to an activating group) is 2. The quantitative estimate of drug-likeness (QED) is 0.614. The standard InChI is InChI=1S/C6H16N2.H2O4S/c1-7(2)5-6-8(3)4;1-5(2,3)4/h5-6H2,1-4H3;(H2,1,2,3,4). The number of hydrogen-bond acceptors (Lipinski definition) is 4. The average Bonchev–Trinajstić information content (AvgIpc) is 1.79. The van der Waals surface area contributed by atoms with E-state index >= 15 is 0 Å². The van der Waals surface area contributed by atoms with E-state index in [1.54, 1.807) is 0 Å². The molecular formula is C6H18N2O4S. The molecule has 0 aliphatic heterocycles. The lowest BCUT2D eigenvalue weighted by atomic mass is 10.5. The molecular weight excluding hydrogens is 196 g/mol. The van der Waals surface area contributed by atoms with E-state index in [9.17, 15) is 0 Å². The van der Waals surface area contributed by atoms with Crippen LogP contribution in [0.25, 0.3) is 0 Å². The van der Waals surface area contributed by atoms with Crippen molar-refractivity contribution in [3.63, 3.8) is 0 Å². The molecule has 2 N–H and O–H groups in total. The van der Waals surface area contributed by atoms with Crippen molar-refractivity contribution in [2.24, 2.45) is 0 Å². The Bertz CT molecular complexity index is 185. The monoisotopic (exact) mass is 214 g/mol. The smallest absolute Gasteiger partial charge is 0.308 e. The van der Waals surface area contributed by atoms with Gasteiger partial charge in [0.25, 0.3) is 0 Å². The van der Waals surface area contributed by atoms with Gasteiger partial charge in [-0.15, -0.1) is 0 Å². The minimum absolute atomic E-state index is 1.15. The summed E-state index contributed by atoms with van der Waals surface area (Å²) in [6.07, 6.45) is 0. The van der Waals surface area contributed by atoms with Crippen molar-refractivity contribution in [3.05, 3.63) is 0 Å². The summed E-state index contributed by atoms with van der Waals surface area (Å²) >= 11 is 0. The highest BCUT2D eigenvalue weighted by Gasteiger charge is 1.89. The molecule has 0 aliphatic rings. The Morgan fingerprint density at radius 1 is 0.923 bits per heavy atom. The zero-order chi connectivity index (χ0) is 11.1. The summed E-state index contributed by atoms with van der Waals surface area (Å²) < 4.78 is 31.6. The SMILES string of the molecule is CN(C)CCN(C)C.O=S(=O)(O)O. The largest absolute Gasteiger partial charge is 0.394 e. The molecule has 0 fully saturated rings. The highest BCUT2D eigenvalue weighted by molar-refractivity contribution is 7.79. The summed E-state index contributed by atoms with van der Waals surface area (Å²) in [5, 5.41) is 0. The van der Waals surface area contributed by atoms with Gasteiger partial charge in [-0.05, 0) is 28.2 Å². The number of hydrogen-bond donors (Lipinski definition) is 2. The molecule has 0 spiro atoms. The van der Waals surface area contributed by atoms with Crippen LogP contribution < -0.4 is 0 Å². The molecule has 0 heterocycles. The van der Waals surface area contributed by atoms with E-state index in [1.807, 2.05) is 0 Å². The average molecular weight is 214 g/mol. The zero-order valence-corrected chi connectivity index (χ0v) is 9.24. The number of rotatable bonds is 3. The van der Waals surface area contributed by atoms with E-state index in [1.165, 1.54) is 0 Å². The molecule has 6 nitrogen and oxygen atoms in total. The Balaban J connectivity index is 0. The molecule has 13 heavy (non-hydrogen) atoms. The van der Waals surface area contributed by atoms with Crippen LogP contribution in [0.3, 0.4) is 0 Å². The van der Waals surface area contributed by atoms with Crippen LogP contribution in [0.4, 0.5) is 0 Å². The summed E-state index contributed by atoms with van der Waals surface area (Å²) in [7, 11) is 3.68. The molecule has 7 heteroatoms. The van der Waals surface area contributed by atoms with Crippen LogP contribution in [-0.4, -0.2) is 68.6 Å². The van der Waals surface area contributed by atoms with Gasteiger partial charge in [0.15, 0.2) is 0 Å². The maximum Gasteiger partial charge on any atom is 0.394 e. The topological polar surface area (TPSA) is 81.1 Å². The summed E-state index contributed by atoms with van der Waals surface area (Å²) in [4.78, 5) is 4.36. The minimum Gasteiger partial charge on any atom is -0.308 e. The number of nitrogens with zero attached hydrogens (tertiary/aromatic N) is 2. The zero-order valence-electron chi connectivity index (χ0n) is 8.43. The fourth-order valence-electron chi connectivity index (χ4n) is 0.400. The van der Waals surface area contributed by atoms with Gasteiger partial charge in [0.05, 0.1) is 0 Å². The van der Waals surface area contributed by atoms with Gasteiger partial charge in [0, 0.05) is 13.1 Å². The summed E-state index contributed by atoms with van der Waals surface area (Å²) in [5.41, 5.74) is 0. The van der Waals surface area contributed by atoms with Crippen molar-refractivity contribution in [2.75, 3.05) is 41.3 Å². The van der Waals surface area contributed by atoms with Crippen LogP contribution >= 0.6 is 0 Å². The van der Waals surface area contributed by atoms with E-state index in [2.05, 4.69) is 38.0 Å². The van der Waals surface area contributed by atoms with E-state index < -0.39 is 10.4 Å². The Labute approximate surface area is 79.7 Å². The third-order valence-corrected chi connectivity index (χ3v) is 0.994. The highest BCUT2D eigenvalue weighted by atomic mass is 32.3. The summed E-state index contributed by atoms with van der Waals surface area (Å²) in [6, 6.07) is 0. The van der Waals surface area contributed by atoms with Crippen LogP contribution in [0.5, 0.6) is 0 Å². The van der Waals surface area contributed by atoms with Gasteiger partial charge >= 0.3 is 10.4 Å². The fourth-order valence-corrected chi connectivity index (χ4v) is 0.400. The first-order valence-corrected chi connectivity index (χ1v) is 5.02. The lowest BCUT2D eigenvalue weighted by molar-refractivity contribution is 0.320. The van der Waals surface area contributed by atoms with Gasteiger partial charge in [-0.1, -0.05) is 0 Å². The Morgan fingerprint density at radius 2 is 1.08 bits per heavy atom. The molecule has 0 aliphatic carbocycles. The predicted molar refractivity (Wildman–Crippen MR) is 51.3 cm³/mol. The molecule has 0 atom stereocenters. The molecule has 0 saturated carbocycles. The predicted octanol–water partition coefficient (Wildman–Crippen LogP) is -0.543. The van der Waals surface area contributed by atoms with Gasteiger partial charge < -0.3 is 9.80 Å². The Hall–Kier alpha value is -0.210. The minimum atomic E-state index is -4.67. The molecule has 0 aromatic carbocycles.